The summed E-state index contributed by atoms with van der Waals surface area (Å²) in [5.74, 6) is -1.44. The monoisotopic (exact) mass is 287 g/mol. The molecule has 21 heavy (non-hydrogen) atoms. The fourth-order valence-corrected chi connectivity index (χ4v) is 2.36. The molecule has 1 aromatic carbocycles. The molecule has 0 unspecified atom stereocenters. The third-order valence-corrected chi connectivity index (χ3v) is 3.54. The van der Waals surface area contributed by atoms with E-state index in [0.717, 1.165) is 17.2 Å². The first-order chi connectivity index (χ1) is 9.72. The third-order valence-electron chi connectivity index (χ3n) is 3.54. The van der Waals surface area contributed by atoms with Crippen LogP contribution in [0.25, 0.3) is 6.08 Å². The van der Waals surface area contributed by atoms with Crippen LogP contribution < -0.4 is 4.90 Å². The van der Waals surface area contributed by atoms with Crippen molar-refractivity contribution in [1.29, 1.82) is 0 Å². The summed E-state index contributed by atoms with van der Waals surface area (Å²) in [6, 6.07) is 5.08. The summed E-state index contributed by atoms with van der Waals surface area (Å²) in [5, 5.41) is 8.64. The minimum Gasteiger partial charge on any atom is -0.478 e. The molecule has 0 atom stereocenters. The predicted molar refractivity (Wildman–Crippen MR) is 78.7 cm³/mol. The van der Waals surface area contributed by atoms with Crippen LogP contribution in [0.3, 0.4) is 0 Å². The number of carbonyl (C=O) groups excluding carboxylic acids is 2. The number of aryl methyl sites for hydroxylation is 1. The van der Waals surface area contributed by atoms with E-state index in [4.69, 9.17) is 5.11 Å². The van der Waals surface area contributed by atoms with Crippen LogP contribution >= 0.6 is 0 Å². The number of hydrogen-bond acceptors (Lipinski definition) is 3. The van der Waals surface area contributed by atoms with E-state index in [1.54, 1.807) is 39.0 Å². The molecule has 1 aliphatic rings. The minimum atomic E-state index is -1.02. The number of carboxylic acids is 1. The average molecular weight is 287 g/mol. The second kappa shape index (κ2) is 5.16. The number of rotatable bonds is 3. The Bertz CT molecular complexity index is 658. The minimum absolute atomic E-state index is 0.200. The van der Waals surface area contributed by atoms with Gasteiger partial charge in [-0.05, 0) is 36.3 Å². The van der Waals surface area contributed by atoms with Gasteiger partial charge >= 0.3 is 5.97 Å². The van der Waals surface area contributed by atoms with Crippen molar-refractivity contribution in [2.24, 2.45) is 5.41 Å². The van der Waals surface area contributed by atoms with Gasteiger partial charge in [-0.25, -0.2) is 4.79 Å². The lowest BCUT2D eigenvalue weighted by atomic mass is 9.92. The molecule has 0 radical (unpaired) electrons. The Morgan fingerprint density at radius 3 is 2.48 bits per heavy atom. The molecule has 0 spiro atoms. The SMILES string of the molecule is Cc1cc(N2C(=O)CC(C)(C)C2=O)ccc1C=CC(=O)O. The highest BCUT2D eigenvalue weighted by atomic mass is 16.4. The van der Waals surface area contributed by atoms with E-state index in [2.05, 4.69) is 0 Å². The van der Waals surface area contributed by atoms with E-state index < -0.39 is 11.4 Å². The van der Waals surface area contributed by atoms with E-state index in [-0.39, 0.29) is 18.2 Å². The van der Waals surface area contributed by atoms with Gasteiger partial charge in [0.05, 0.1) is 11.1 Å². The van der Waals surface area contributed by atoms with Gasteiger partial charge in [0.1, 0.15) is 0 Å². The maximum Gasteiger partial charge on any atom is 0.328 e. The number of nitrogens with zero attached hydrogens (tertiary/aromatic N) is 1. The summed E-state index contributed by atoms with van der Waals surface area (Å²) in [5.41, 5.74) is 1.39. The lowest BCUT2D eigenvalue weighted by Crippen LogP contribution is -2.33. The molecule has 2 amide bonds. The summed E-state index contributed by atoms with van der Waals surface area (Å²) in [6.45, 7) is 5.31. The van der Waals surface area contributed by atoms with E-state index in [9.17, 15) is 14.4 Å². The first-order valence-corrected chi connectivity index (χ1v) is 6.61. The summed E-state index contributed by atoms with van der Waals surface area (Å²) in [7, 11) is 0. The van der Waals surface area contributed by atoms with Gasteiger partial charge < -0.3 is 5.11 Å². The zero-order valence-corrected chi connectivity index (χ0v) is 12.2. The highest BCUT2D eigenvalue weighted by molar-refractivity contribution is 6.22. The molecule has 1 saturated heterocycles. The van der Waals surface area contributed by atoms with Crippen molar-refractivity contribution in [3.05, 3.63) is 35.4 Å². The lowest BCUT2D eigenvalue weighted by molar-refractivity contribution is -0.131. The highest BCUT2D eigenvalue weighted by Crippen LogP contribution is 2.35. The molecule has 0 bridgehead atoms. The van der Waals surface area contributed by atoms with Gasteiger partial charge in [-0.2, -0.15) is 0 Å². The van der Waals surface area contributed by atoms with Crippen molar-refractivity contribution < 1.29 is 19.5 Å². The molecule has 1 N–H and O–H groups in total. The molecule has 1 heterocycles. The fraction of sp³-hybridized carbons (Fsp3) is 0.312. The van der Waals surface area contributed by atoms with E-state index in [1.165, 1.54) is 11.0 Å². The van der Waals surface area contributed by atoms with Crippen molar-refractivity contribution in [1.82, 2.24) is 0 Å². The number of aliphatic carboxylic acids is 1. The Balaban J connectivity index is 2.35. The van der Waals surface area contributed by atoms with Crippen LogP contribution in [0.5, 0.6) is 0 Å². The maximum absolute atomic E-state index is 12.3. The molecule has 1 aliphatic heterocycles. The van der Waals surface area contributed by atoms with Crippen LogP contribution in [-0.4, -0.2) is 22.9 Å². The molecule has 110 valence electrons. The maximum atomic E-state index is 12.3. The summed E-state index contributed by atoms with van der Waals surface area (Å²) in [4.78, 5) is 36.0. The molecular formula is C16H17NO4. The number of anilines is 1. The smallest absolute Gasteiger partial charge is 0.328 e. The van der Waals surface area contributed by atoms with Crippen LogP contribution in [0.2, 0.25) is 0 Å². The topological polar surface area (TPSA) is 74.7 Å². The molecule has 0 aliphatic carbocycles. The molecule has 0 saturated carbocycles. The first-order valence-electron chi connectivity index (χ1n) is 6.61. The van der Waals surface area contributed by atoms with E-state index in [1.807, 2.05) is 0 Å². The number of carboxylic acid groups (broad SMARTS) is 1. The Morgan fingerprint density at radius 1 is 1.33 bits per heavy atom. The summed E-state index contributed by atoms with van der Waals surface area (Å²) in [6.07, 6.45) is 2.74. The molecule has 0 aromatic heterocycles. The largest absolute Gasteiger partial charge is 0.478 e. The van der Waals surface area contributed by atoms with Gasteiger partial charge in [-0.15, -0.1) is 0 Å². The number of hydrogen-bond donors (Lipinski definition) is 1. The van der Waals surface area contributed by atoms with E-state index >= 15 is 0 Å². The van der Waals surface area contributed by atoms with Gasteiger partial charge in [0.2, 0.25) is 11.8 Å². The van der Waals surface area contributed by atoms with E-state index in [0.29, 0.717) is 5.69 Å². The fourth-order valence-electron chi connectivity index (χ4n) is 2.36. The molecule has 5 nitrogen and oxygen atoms in total. The molecule has 2 rings (SSSR count). The molecule has 1 aromatic rings. The average Bonchev–Trinajstić information content (AvgIpc) is 2.56. The van der Waals surface area contributed by atoms with Crippen molar-refractivity contribution in [3.8, 4) is 0 Å². The normalized spacial score (nSPS) is 17.8. The lowest BCUT2D eigenvalue weighted by Gasteiger charge is -2.18. The molecule has 5 heteroatoms. The first kappa shape index (κ1) is 15.0. The van der Waals surface area contributed by atoms with Crippen molar-refractivity contribution >= 4 is 29.5 Å². The second-order valence-corrected chi connectivity index (χ2v) is 5.81. The quantitative estimate of drug-likeness (QED) is 0.684. The zero-order valence-electron chi connectivity index (χ0n) is 12.2. The standard InChI is InChI=1S/C16H17NO4/c1-10-8-12(6-4-11(10)5-7-14(19)20)17-13(18)9-16(2,3)15(17)21/h4-8H,9H2,1-3H3,(H,19,20). The Morgan fingerprint density at radius 2 is 2.00 bits per heavy atom. The summed E-state index contributed by atoms with van der Waals surface area (Å²) < 4.78 is 0. The molecular weight excluding hydrogens is 270 g/mol. The zero-order chi connectivity index (χ0) is 15.8. The highest BCUT2D eigenvalue weighted by Gasteiger charge is 2.45. The van der Waals surface area contributed by atoms with Crippen molar-refractivity contribution in [2.45, 2.75) is 27.2 Å². The summed E-state index contributed by atoms with van der Waals surface area (Å²) >= 11 is 0. The van der Waals surface area contributed by atoms with Gasteiger partial charge in [0.25, 0.3) is 0 Å². The van der Waals surface area contributed by atoms with Crippen LogP contribution in [0.15, 0.2) is 24.3 Å². The number of carbonyl (C=O) groups is 3. The number of imide groups is 1. The van der Waals surface area contributed by atoms with Crippen LogP contribution in [0, 0.1) is 12.3 Å². The van der Waals surface area contributed by atoms with Gasteiger partial charge in [-0.1, -0.05) is 19.9 Å². The van der Waals surface area contributed by atoms with Crippen molar-refractivity contribution in [2.75, 3.05) is 4.90 Å². The van der Waals surface area contributed by atoms with Gasteiger partial charge in [-0.3, -0.25) is 14.5 Å². The van der Waals surface area contributed by atoms with Crippen molar-refractivity contribution in [3.63, 3.8) is 0 Å². The Hall–Kier alpha value is -2.43. The Labute approximate surface area is 122 Å². The third kappa shape index (κ3) is 2.86. The predicted octanol–water partition coefficient (Wildman–Crippen LogP) is 2.38. The number of benzene rings is 1. The Kier molecular flexibility index (Phi) is 3.68. The second-order valence-electron chi connectivity index (χ2n) is 5.81. The van der Waals surface area contributed by atoms with Gasteiger partial charge in [0.15, 0.2) is 0 Å². The molecule has 1 fully saturated rings. The van der Waals surface area contributed by atoms with Crippen LogP contribution in [-0.2, 0) is 14.4 Å². The number of amides is 2. The van der Waals surface area contributed by atoms with Crippen LogP contribution in [0.4, 0.5) is 5.69 Å². The van der Waals surface area contributed by atoms with Gasteiger partial charge in [0, 0.05) is 12.5 Å². The van der Waals surface area contributed by atoms with Crippen LogP contribution in [0.1, 0.15) is 31.4 Å².